The third-order valence-corrected chi connectivity index (χ3v) is 3.56. The average Bonchev–Trinajstić information content (AvgIpc) is 2.57. The van der Waals surface area contributed by atoms with Gasteiger partial charge in [-0.2, -0.15) is 0 Å². The lowest BCUT2D eigenvalue weighted by molar-refractivity contribution is -0.205. The van der Waals surface area contributed by atoms with Crippen molar-refractivity contribution in [2.24, 2.45) is 0 Å². The number of aliphatic hydroxyl groups excluding tert-OH is 3. The average molecular weight is 337 g/mol. The first-order chi connectivity index (χ1) is 11.5. The Morgan fingerprint density at radius 2 is 1.92 bits per heavy atom. The SMILES string of the molecule is O=c1ccn(C2OC(CO)C(O)N(c3ncccn3)C2O)c(=O)[nH]1. The minimum absolute atomic E-state index is 0.0123. The van der Waals surface area contributed by atoms with E-state index in [9.17, 15) is 24.9 Å². The van der Waals surface area contributed by atoms with Crippen molar-refractivity contribution in [3.05, 3.63) is 51.6 Å². The zero-order valence-corrected chi connectivity index (χ0v) is 12.3. The zero-order valence-electron chi connectivity index (χ0n) is 12.3. The monoisotopic (exact) mass is 337 g/mol. The van der Waals surface area contributed by atoms with Gasteiger partial charge in [0.2, 0.25) is 5.95 Å². The highest BCUT2D eigenvalue weighted by molar-refractivity contribution is 5.32. The van der Waals surface area contributed by atoms with Gasteiger partial charge < -0.3 is 20.1 Å². The van der Waals surface area contributed by atoms with Crippen molar-refractivity contribution in [3.63, 3.8) is 0 Å². The maximum Gasteiger partial charge on any atom is 0.330 e. The van der Waals surface area contributed by atoms with Crippen LogP contribution in [0.5, 0.6) is 0 Å². The lowest BCUT2D eigenvalue weighted by Crippen LogP contribution is -2.61. The van der Waals surface area contributed by atoms with Gasteiger partial charge >= 0.3 is 5.69 Å². The molecule has 0 aliphatic carbocycles. The fourth-order valence-corrected chi connectivity index (χ4v) is 2.43. The molecule has 0 bridgehead atoms. The highest BCUT2D eigenvalue weighted by Gasteiger charge is 2.44. The van der Waals surface area contributed by atoms with Gasteiger partial charge in [0.05, 0.1) is 6.61 Å². The highest BCUT2D eigenvalue weighted by Crippen LogP contribution is 2.29. The van der Waals surface area contributed by atoms with Crippen LogP contribution < -0.4 is 16.1 Å². The first-order valence-electron chi connectivity index (χ1n) is 7.02. The lowest BCUT2D eigenvalue weighted by Gasteiger charge is -2.44. The summed E-state index contributed by atoms with van der Waals surface area (Å²) in [6.45, 7) is -0.578. The fraction of sp³-hybridized carbons (Fsp3) is 0.385. The molecule has 4 unspecified atom stereocenters. The summed E-state index contributed by atoms with van der Waals surface area (Å²) < 4.78 is 6.35. The molecule has 1 saturated heterocycles. The van der Waals surface area contributed by atoms with E-state index < -0.39 is 42.6 Å². The number of hydrogen-bond donors (Lipinski definition) is 4. The number of aliphatic hydroxyl groups is 3. The molecule has 4 N–H and O–H groups in total. The highest BCUT2D eigenvalue weighted by atomic mass is 16.6. The van der Waals surface area contributed by atoms with E-state index in [0.29, 0.717) is 0 Å². The number of morpholine rings is 1. The molecular formula is C13H15N5O6. The van der Waals surface area contributed by atoms with Crippen LogP contribution in [0.25, 0.3) is 0 Å². The quantitative estimate of drug-likeness (QED) is 0.470. The molecule has 4 atom stereocenters. The Bertz CT molecular complexity index is 808. The van der Waals surface area contributed by atoms with Crippen molar-refractivity contribution in [3.8, 4) is 0 Å². The first-order valence-corrected chi connectivity index (χ1v) is 7.02. The zero-order chi connectivity index (χ0) is 17.3. The van der Waals surface area contributed by atoms with Gasteiger partial charge in [-0.25, -0.2) is 14.8 Å². The number of rotatable bonds is 3. The van der Waals surface area contributed by atoms with Gasteiger partial charge in [0, 0.05) is 24.7 Å². The van der Waals surface area contributed by atoms with Crippen LogP contribution in [0.3, 0.4) is 0 Å². The van der Waals surface area contributed by atoms with Gasteiger partial charge in [0.25, 0.3) is 5.56 Å². The number of H-pyrrole nitrogens is 1. The topological polar surface area (TPSA) is 154 Å². The Hall–Kier alpha value is -2.60. The van der Waals surface area contributed by atoms with Crippen LogP contribution in [0.2, 0.25) is 0 Å². The summed E-state index contributed by atoms with van der Waals surface area (Å²) in [6, 6.07) is 2.63. The standard InChI is InChI=1S/C13H15N5O6/c19-6-7-9(21)18(12-14-3-1-4-15-12)10(22)11(24-7)17-5-2-8(20)16-13(17)23/h1-5,7,9-11,19,21-22H,6H2,(H,16,20,23). The Balaban J connectivity index is 2.04. The van der Waals surface area contributed by atoms with Crippen molar-refractivity contribution in [2.45, 2.75) is 24.8 Å². The Kier molecular flexibility index (Phi) is 4.40. The predicted molar refractivity (Wildman–Crippen MR) is 78.8 cm³/mol. The summed E-state index contributed by atoms with van der Waals surface area (Å²) >= 11 is 0. The summed E-state index contributed by atoms with van der Waals surface area (Å²) in [7, 11) is 0. The van der Waals surface area contributed by atoms with Crippen LogP contribution in [0.1, 0.15) is 6.23 Å². The van der Waals surface area contributed by atoms with E-state index in [2.05, 4.69) is 9.97 Å². The fourth-order valence-electron chi connectivity index (χ4n) is 2.43. The third-order valence-electron chi connectivity index (χ3n) is 3.56. The van der Waals surface area contributed by atoms with Crippen molar-refractivity contribution < 1.29 is 20.1 Å². The third kappa shape index (κ3) is 2.80. The predicted octanol–water partition coefficient (Wildman–Crippen LogP) is -2.64. The maximum atomic E-state index is 11.9. The second kappa shape index (κ2) is 6.49. The van der Waals surface area contributed by atoms with E-state index in [1.54, 1.807) is 6.07 Å². The molecule has 3 rings (SSSR count). The van der Waals surface area contributed by atoms with Crippen molar-refractivity contribution >= 4 is 5.95 Å². The molecule has 11 heteroatoms. The molecule has 2 aromatic rings. The van der Waals surface area contributed by atoms with E-state index >= 15 is 0 Å². The molecule has 0 spiro atoms. The van der Waals surface area contributed by atoms with Gasteiger partial charge in [0.1, 0.15) is 6.10 Å². The summed E-state index contributed by atoms with van der Waals surface area (Å²) in [4.78, 5) is 34.1. The normalized spacial score (nSPS) is 27.2. The van der Waals surface area contributed by atoms with E-state index in [-0.39, 0.29) is 5.95 Å². The van der Waals surface area contributed by atoms with Crippen molar-refractivity contribution in [2.75, 3.05) is 11.5 Å². The number of ether oxygens (including phenoxy) is 1. The minimum Gasteiger partial charge on any atom is -0.393 e. The molecule has 2 aromatic heterocycles. The Labute approximate surface area is 134 Å². The molecule has 1 fully saturated rings. The van der Waals surface area contributed by atoms with Gasteiger partial charge in [-0.1, -0.05) is 0 Å². The molecule has 24 heavy (non-hydrogen) atoms. The summed E-state index contributed by atoms with van der Waals surface area (Å²) in [5.41, 5.74) is -1.42. The van der Waals surface area contributed by atoms with Gasteiger partial charge in [-0.05, 0) is 6.07 Å². The van der Waals surface area contributed by atoms with Gasteiger partial charge in [-0.15, -0.1) is 0 Å². The van der Waals surface area contributed by atoms with E-state index in [1.165, 1.54) is 12.4 Å². The van der Waals surface area contributed by atoms with Gasteiger partial charge in [0.15, 0.2) is 18.7 Å². The number of aromatic nitrogens is 4. The van der Waals surface area contributed by atoms with E-state index in [1.807, 2.05) is 4.98 Å². The molecular weight excluding hydrogens is 322 g/mol. The van der Waals surface area contributed by atoms with E-state index in [0.717, 1.165) is 21.7 Å². The van der Waals surface area contributed by atoms with Crippen molar-refractivity contribution in [1.29, 1.82) is 0 Å². The molecule has 3 heterocycles. The number of nitrogens with zero attached hydrogens (tertiary/aromatic N) is 4. The molecule has 11 nitrogen and oxygen atoms in total. The molecule has 0 saturated carbocycles. The van der Waals surface area contributed by atoms with Crippen LogP contribution in [-0.2, 0) is 4.74 Å². The number of nitrogens with one attached hydrogen (secondary N) is 1. The first kappa shape index (κ1) is 16.3. The smallest absolute Gasteiger partial charge is 0.330 e. The second-order valence-electron chi connectivity index (χ2n) is 5.05. The van der Waals surface area contributed by atoms with Crippen LogP contribution >= 0.6 is 0 Å². The Morgan fingerprint density at radius 1 is 1.21 bits per heavy atom. The van der Waals surface area contributed by atoms with Gasteiger partial charge in [-0.3, -0.25) is 19.2 Å². The molecule has 0 aromatic carbocycles. The molecule has 0 amide bonds. The van der Waals surface area contributed by atoms with Crippen molar-refractivity contribution in [1.82, 2.24) is 19.5 Å². The number of hydrogen-bond acceptors (Lipinski definition) is 9. The molecule has 0 radical (unpaired) electrons. The number of anilines is 1. The lowest BCUT2D eigenvalue weighted by atomic mass is 10.2. The molecule has 1 aliphatic heterocycles. The van der Waals surface area contributed by atoms with Crippen LogP contribution in [-0.4, -0.2) is 60.0 Å². The Morgan fingerprint density at radius 3 is 2.54 bits per heavy atom. The largest absolute Gasteiger partial charge is 0.393 e. The molecule has 1 aliphatic rings. The van der Waals surface area contributed by atoms with E-state index in [4.69, 9.17) is 4.74 Å². The molecule has 128 valence electrons. The van der Waals surface area contributed by atoms with Crippen LogP contribution in [0, 0.1) is 0 Å². The van der Waals surface area contributed by atoms with Crippen LogP contribution in [0.15, 0.2) is 40.3 Å². The number of aromatic amines is 1. The second-order valence-corrected chi connectivity index (χ2v) is 5.05. The summed E-state index contributed by atoms with van der Waals surface area (Å²) in [5, 5.41) is 30.2. The summed E-state index contributed by atoms with van der Waals surface area (Å²) in [5.74, 6) is -0.0123. The van der Waals surface area contributed by atoms with Crippen LogP contribution in [0.4, 0.5) is 5.95 Å². The maximum absolute atomic E-state index is 11.9. The minimum atomic E-state index is -1.55. The summed E-state index contributed by atoms with van der Waals surface area (Å²) in [6.07, 6.45) is -1.47.